The standard InChI is InChI=1S/C48H46N8O5S/c1-3-25-54-31-44(59)55-40(26-33-17-21-37(57)22-18-33)47(61)53(30-42(55)56(54)43(58)24-19-32-11-6-4-7-12-32)28-36-15-10-16-38-39(29-52(2)45(36)38)35-20-23-41(49-27-35)50-48(62)51-46(60)34-13-8-5-9-14-34/h3-18,20-23,27,29,40,42,57H,1,19,24-26,28,30-31H2,2H3,(H2,49,50,51,60,62)/t40-,42-/m0/s1. The van der Waals surface area contributed by atoms with Crippen molar-refractivity contribution < 1.29 is 24.3 Å². The van der Waals surface area contributed by atoms with Gasteiger partial charge in [-0.15, -0.1) is 6.58 Å². The van der Waals surface area contributed by atoms with Gasteiger partial charge in [-0.25, -0.2) is 15.0 Å². The fraction of sp³-hybridized carbons (Fsp3) is 0.208. The number of aryl methyl sites for hydroxylation is 2. The first-order chi connectivity index (χ1) is 30.1. The quantitative estimate of drug-likeness (QED) is 0.0990. The van der Waals surface area contributed by atoms with Crippen LogP contribution in [0.2, 0.25) is 0 Å². The van der Waals surface area contributed by atoms with Crippen molar-refractivity contribution in [1.82, 2.24) is 34.7 Å². The van der Waals surface area contributed by atoms with E-state index in [1.807, 2.05) is 78.5 Å². The second kappa shape index (κ2) is 18.2. The second-order valence-corrected chi connectivity index (χ2v) is 15.8. The molecule has 0 aliphatic carbocycles. The van der Waals surface area contributed by atoms with Crippen molar-refractivity contribution in [3.8, 4) is 16.9 Å². The van der Waals surface area contributed by atoms with E-state index in [0.717, 1.165) is 38.7 Å². The summed E-state index contributed by atoms with van der Waals surface area (Å²) in [5.74, 6) is -0.392. The number of carbonyl (C=O) groups excluding carboxylic acids is 4. The number of para-hydroxylation sites is 1. The number of anilines is 1. The number of carbonyl (C=O) groups is 4. The summed E-state index contributed by atoms with van der Waals surface area (Å²) in [4.78, 5) is 63.8. The van der Waals surface area contributed by atoms with Crippen LogP contribution in [0.3, 0.4) is 0 Å². The minimum Gasteiger partial charge on any atom is -0.508 e. The SMILES string of the molecule is C=CCN1CC(=O)N2[C@@H](Cc3ccc(O)cc3)C(=O)N(Cc3cccc4c(-c5ccc(NC(=S)NC(=O)c6ccccc6)nc5)cn(C)c34)C[C@@H]2N1C(=O)CCc1ccccc1. The van der Waals surface area contributed by atoms with Crippen LogP contribution in [0.25, 0.3) is 22.0 Å². The molecule has 0 bridgehead atoms. The van der Waals surface area contributed by atoms with Gasteiger partial charge in [0.25, 0.3) is 5.91 Å². The maximum absolute atomic E-state index is 14.8. The first kappa shape index (κ1) is 41.6. The number of amides is 4. The van der Waals surface area contributed by atoms with Crippen LogP contribution in [0.5, 0.6) is 5.75 Å². The molecule has 0 spiro atoms. The molecule has 2 saturated heterocycles. The Kier molecular flexibility index (Phi) is 12.2. The number of nitrogens with one attached hydrogen (secondary N) is 2. The molecule has 2 atom stereocenters. The summed E-state index contributed by atoms with van der Waals surface area (Å²) < 4.78 is 2.03. The van der Waals surface area contributed by atoms with Gasteiger partial charge >= 0.3 is 0 Å². The van der Waals surface area contributed by atoms with E-state index in [4.69, 9.17) is 12.2 Å². The van der Waals surface area contributed by atoms with E-state index >= 15 is 0 Å². The van der Waals surface area contributed by atoms with Crippen LogP contribution >= 0.6 is 12.2 Å². The van der Waals surface area contributed by atoms with Crippen LogP contribution in [0.15, 0.2) is 140 Å². The lowest BCUT2D eigenvalue weighted by Crippen LogP contribution is -2.75. The van der Waals surface area contributed by atoms with Crippen molar-refractivity contribution in [2.24, 2.45) is 7.05 Å². The molecule has 2 aliphatic rings. The van der Waals surface area contributed by atoms with Gasteiger partial charge in [-0.05, 0) is 71.7 Å². The van der Waals surface area contributed by atoms with Gasteiger partial charge in [-0.1, -0.05) is 84.9 Å². The van der Waals surface area contributed by atoms with E-state index < -0.39 is 12.2 Å². The lowest BCUT2D eigenvalue weighted by Gasteiger charge is -2.55. The number of hydrogen-bond acceptors (Lipinski definition) is 8. The summed E-state index contributed by atoms with van der Waals surface area (Å²) in [6, 6.07) is 34.0. The molecule has 2 aliphatic heterocycles. The molecule has 62 heavy (non-hydrogen) atoms. The topological polar surface area (TPSA) is 143 Å². The molecule has 4 amide bonds. The number of hydrazine groups is 1. The van der Waals surface area contributed by atoms with Crippen molar-refractivity contribution >= 4 is 57.7 Å². The third-order valence-corrected chi connectivity index (χ3v) is 11.5. The number of aromatic nitrogens is 2. The Morgan fingerprint density at radius 1 is 0.919 bits per heavy atom. The average Bonchev–Trinajstić information content (AvgIpc) is 3.62. The van der Waals surface area contributed by atoms with Gasteiger partial charge < -0.3 is 24.8 Å². The monoisotopic (exact) mass is 846 g/mol. The highest BCUT2D eigenvalue weighted by atomic mass is 32.1. The maximum Gasteiger partial charge on any atom is 0.257 e. The fourth-order valence-electron chi connectivity index (χ4n) is 8.43. The van der Waals surface area contributed by atoms with E-state index in [9.17, 15) is 24.3 Å². The van der Waals surface area contributed by atoms with Crippen molar-refractivity contribution in [2.45, 2.75) is 38.0 Å². The van der Waals surface area contributed by atoms with Crippen molar-refractivity contribution in [2.75, 3.05) is 25.0 Å². The lowest BCUT2D eigenvalue weighted by molar-refractivity contribution is -0.205. The van der Waals surface area contributed by atoms with E-state index in [0.29, 0.717) is 17.8 Å². The molecule has 4 heterocycles. The number of benzene rings is 4. The minimum absolute atomic E-state index is 0.0756. The number of hydrogen-bond donors (Lipinski definition) is 3. The number of phenols is 1. The first-order valence-electron chi connectivity index (χ1n) is 20.4. The Balaban J connectivity index is 1.07. The predicted molar refractivity (Wildman–Crippen MR) is 241 cm³/mol. The van der Waals surface area contributed by atoms with Crippen molar-refractivity contribution in [3.05, 3.63) is 163 Å². The molecule has 0 radical (unpaired) electrons. The number of fused-ring (bicyclic) bond motifs is 2. The Labute approximate surface area is 364 Å². The number of phenolic OH excluding ortho intramolecular Hbond substituents is 1. The molecule has 6 aromatic rings. The van der Waals surface area contributed by atoms with Crippen LogP contribution < -0.4 is 10.6 Å². The Hall–Kier alpha value is -7.16. The molecule has 2 fully saturated rings. The summed E-state index contributed by atoms with van der Waals surface area (Å²) in [6.07, 6.45) is 5.60. The third-order valence-electron chi connectivity index (χ3n) is 11.3. The normalized spacial score (nSPS) is 16.6. The lowest BCUT2D eigenvalue weighted by atomic mass is 9.97. The van der Waals surface area contributed by atoms with Crippen LogP contribution in [-0.4, -0.2) is 95.1 Å². The number of nitrogens with zero attached hydrogens (tertiary/aromatic N) is 6. The molecule has 14 heteroatoms. The van der Waals surface area contributed by atoms with Gasteiger partial charge in [0.15, 0.2) is 5.11 Å². The van der Waals surface area contributed by atoms with Crippen LogP contribution in [0.1, 0.15) is 33.5 Å². The van der Waals surface area contributed by atoms with Gasteiger partial charge in [-0.2, -0.15) is 0 Å². The number of thiocarbonyl (C=S) groups is 1. The first-order valence-corrected chi connectivity index (χ1v) is 20.8. The number of rotatable bonds is 12. The average molecular weight is 847 g/mol. The van der Waals surface area contributed by atoms with Crippen molar-refractivity contribution in [3.63, 3.8) is 0 Å². The molecule has 2 aromatic heterocycles. The molecule has 13 nitrogen and oxygen atoms in total. The highest BCUT2D eigenvalue weighted by molar-refractivity contribution is 7.80. The number of piperazine rings is 1. The largest absolute Gasteiger partial charge is 0.508 e. The molecule has 8 rings (SSSR count). The molecule has 3 N–H and O–H groups in total. The van der Waals surface area contributed by atoms with Gasteiger partial charge in [0.1, 0.15) is 23.8 Å². The number of pyridine rings is 1. The van der Waals surface area contributed by atoms with Crippen LogP contribution in [-0.2, 0) is 40.8 Å². The minimum atomic E-state index is -0.901. The van der Waals surface area contributed by atoms with Gasteiger partial charge in [-0.3, -0.25) is 24.5 Å². The Bertz CT molecular complexity index is 2640. The zero-order valence-corrected chi connectivity index (χ0v) is 35.0. The van der Waals surface area contributed by atoms with Crippen molar-refractivity contribution in [1.29, 1.82) is 0 Å². The third kappa shape index (κ3) is 8.83. The van der Waals surface area contributed by atoms with E-state index in [2.05, 4.69) is 22.2 Å². The fourth-order valence-corrected chi connectivity index (χ4v) is 8.62. The Morgan fingerprint density at radius 2 is 1.66 bits per heavy atom. The molecule has 314 valence electrons. The van der Waals surface area contributed by atoms with E-state index in [-0.39, 0.29) is 73.5 Å². The summed E-state index contributed by atoms with van der Waals surface area (Å²) in [6.45, 7) is 4.43. The van der Waals surface area contributed by atoms with Gasteiger partial charge in [0.2, 0.25) is 17.7 Å². The van der Waals surface area contributed by atoms with E-state index in [1.165, 1.54) is 0 Å². The summed E-state index contributed by atoms with van der Waals surface area (Å²) in [5.41, 5.74) is 5.87. The smallest absolute Gasteiger partial charge is 0.257 e. The predicted octanol–water partition coefficient (Wildman–Crippen LogP) is 6.06. The summed E-state index contributed by atoms with van der Waals surface area (Å²) >= 11 is 5.38. The molecule has 0 saturated carbocycles. The summed E-state index contributed by atoms with van der Waals surface area (Å²) in [7, 11) is 1.96. The van der Waals surface area contributed by atoms with E-state index in [1.54, 1.807) is 86.7 Å². The molecular weight excluding hydrogens is 801 g/mol. The summed E-state index contributed by atoms with van der Waals surface area (Å²) in [5, 5.41) is 20.2. The maximum atomic E-state index is 14.8. The highest BCUT2D eigenvalue weighted by Crippen LogP contribution is 2.35. The zero-order valence-electron chi connectivity index (χ0n) is 34.2. The second-order valence-electron chi connectivity index (χ2n) is 15.4. The number of aromatic hydroxyl groups is 1. The molecule has 0 unspecified atom stereocenters. The zero-order chi connectivity index (χ0) is 43.3. The molecule has 4 aromatic carbocycles. The Morgan fingerprint density at radius 3 is 2.37 bits per heavy atom. The highest BCUT2D eigenvalue weighted by Gasteiger charge is 2.51. The van der Waals surface area contributed by atoms with Gasteiger partial charge in [0, 0.05) is 67.4 Å². The van der Waals surface area contributed by atoms with Gasteiger partial charge in [0.05, 0.1) is 18.6 Å². The van der Waals surface area contributed by atoms with Crippen LogP contribution in [0.4, 0.5) is 5.82 Å². The van der Waals surface area contributed by atoms with Crippen LogP contribution in [0, 0.1) is 0 Å². The molecular formula is C48H46N8O5S.